The first-order valence-electron chi connectivity index (χ1n) is 14.2. The van der Waals surface area contributed by atoms with Crippen LogP contribution in [0, 0.1) is 6.92 Å². The molecule has 2 N–H and O–H groups in total. The van der Waals surface area contributed by atoms with E-state index in [-0.39, 0.29) is 24.2 Å². The monoisotopic (exact) mass is 572 g/mol. The van der Waals surface area contributed by atoms with Gasteiger partial charge in [-0.05, 0) is 56.1 Å². The number of nitrogens with zero attached hydrogens (tertiary/aromatic N) is 4. The first-order valence-corrected chi connectivity index (χ1v) is 14.2. The van der Waals surface area contributed by atoms with Crippen LogP contribution in [-0.4, -0.2) is 71.6 Å². The van der Waals surface area contributed by atoms with E-state index in [0.29, 0.717) is 44.3 Å². The molecule has 2 aromatic carbocycles. The minimum absolute atomic E-state index is 0. The molecule has 0 saturated carbocycles. The summed E-state index contributed by atoms with van der Waals surface area (Å²) in [6.45, 7) is 6.30. The molecule has 0 bridgehead atoms. The van der Waals surface area contributed by atoms with Crippen LogP contribution in [0.15, 0.2) is 66.9 Å². The van der Waals surface area contributed by atoms with Crippen molar-refractivity contribution in [3.63, 3.8) is 0 Å². The van der Waals surface area contributed by atoms with E-state index in [1.807, 2.05) is 42.3 Å². The molecule has 41 heavy (non-hydrogen) atoms. The number of nitrogens with one attached hydrogen (secondary N) is 2. The number of pyridine rings is 1. The van der Waals surface area contributed by atoms with E-state index < -0.39 is 0 Å². The first kappa shape index (κ1) is 28.6. The average molecular weight is 573 g/mol. The highest BCUT2D eigenvalue weighted by atomic mass is 35.5. The van der Waals surface area contributed by atoms with E-state index in [2.05, 4.69) is 62.3 Å². The molecule has 6 rings (SSSR count). The third-order valence-electron chi connectivity index (χ3n) is 8.19. The van der Waals surface area contributed by atoms with Crippen LogP contribution in [0.4, 0.5) is 5.82 Å². The summed E-state index contributed by atoms with van der Waals surface area (Å²) in [5.74, 6) is 0.793. The Morgan fingerprint density at radius 1 is 1.02 bits per heavy atom. The number of aryl methyl sites for hydroxylation is 2. The van der Waals surface area contributed by atoms with Crippen LogP contribution < -0.4 is 15.5 Å². The Bertz CT molecular complexity index is 1520. The van der Waals surface area contributed by atoms with Crippen molar-refractivity contribution in [2.75, 3.05) is 44.2 Å². The Morgan fingerprint density at radius 2 is 1.80 bits per heavy atom. The van der Waals surface area contributed by atoms with Gasteiger partial charge in [-0.2, -0.15) is 0 Å². The number of halogens is 1. The van der Waals surface area contributed by atoms with Gasteiger partial charge in [-0.25, -0.2) is 4.98 Å². The van der Waals surface area contributed by atoms with E-state index in [9.17, 15) is 9.59 Å². The zero-order valence-corrected chi connectivity index (χ0v) is 24.4. The molecule has 2 amide bonds. The first-order chi connectivity index (χ1) is 19.5. The summed E-state index contributed by atoms with van der Waals surface area (Å²) in [7, 11) is 2.04. The molecule has 8 nitrogen and oxygen atoms in total. The second kappa shape index (κ2) is 12.3. The van der Waals surface area contributed by atoms with Gasteiger partial charge in [0, 0.05) is 62.9 Å². The predicted octanol–water partition coefficient (Wildman–Crippen LogP) is 4.41. The number of fused-ring (bicyclic) bond motifs is 1. The van der Waals surface area contributed by atoms with Gasteiger partial charge in [0.05, 0.1) is 16.8 Å². The number of amides is 2. The Balaban J connectivity index is 0.00000337. The number of aromatic nitrogens is 2. The van der Waals surface area contributed by atoms with Crippen LogP contribution in [0.25, 0.3) is 22.2 Å². The standard InChI is InChI=1S/C32H36N6O2.ClH/c1-22-10-12-27-26(19-22)29(30(36(27)2)23-7-4-3-5-8-23)32(40)38-17-15-37(16-18-38)28-13-11-24(20-34-28)31(39)35-21-25-9-6-14-33-25;/h3-5,7-8,10-13,19-20,25,33H,6,9,14-18,21H2,1-2H3,(H,35,39);1H/t25-;/m0./s1. The molecule has 4 heterocycles. The van der Waals surface area contributed by atoms with Crippen LogP contribution in [0.5, 0.6) is 0 Å². The Hall–Kier alpha value is -3.88. The van der Waals surface area contributed by atoms with Crippen LogP contribution in [-0.2, 0) is 7.05 Å². The van der Waals surface area contributed by atoms with Crippen molar-refractivity contribution in [3.8, 4) is 11.3 Å². The summed E-state index contributed by atoms with van der Waals surface area (Å²) in [6, 6.07) is 20.6. The zero-order valence-electron chi connectivity index (χ0n) is 23.6. The van der Waals surface area contributed by atoms with Crippen LogP contribution in [0.2, 0.25) is 0 Å². The molecule has 0 radical (unpaired) electrons. The molecule has 2 aliphatic rings. The van der Waals surface area contributed by atoms with Crippen molar-refractivity contribution < 1.29 is 9.59 Å². The normalized spacial score (nSPS) is 17.0. The minimum atomic E-state index is -0.0947. The highest BCUT2D eigenvalue weighted by molar-refractivity contribution is 6.13. The van der Waals surface area contributed by atoms with E-state index in [1.165, 1.54) is 0 Å². The van der Waals surface area contributed by atoms with Gasteiger partial charge in [0.1, 0.15) is 5.82 Å². The summed E-state index contributed by atoms with van der Waals surface area (Å²) in [5, 5.41) is 7.40. The number of piperazine rings is 1. The largest absolute Gasteiger partial charge is 0.353 e. The highest BCUT2D eigenvalue weighted by Gasteiger charge is 2.29. The SMILES string of the molecule is Cc1ccc2c(c1)c(C(=O)N1CCN(c3ccc(C(=O)NC[C@@H]4CCCN4)cn3)CC1)c(-c1ccccc1)n2C.Cl. The molecular formula is C32H37ClN6O2. The van der Waals surface area contributed by atoms with Crippen molar-refractivity contribution in [1.82, 2.24) is 25.1 Å². The summed E-state index contributed by atoms with van der Waals surface area (Å²) >= 11 is 0. The fourth-order valence-electron chi connectivity index (χ4n) is 5.96. The van der Waals surface area contributed by atoms with Crippen molar-refractivity contribution in [1.29, 1.82) is 0 Å². The van der Waals surface area contributed by atoms with Gasteiger partial charge in [-0.1, -0.05) is 42.0 Å². The number of hydrogen-bond donors (Lipinski definition) is 2. The third kappa shape index (κ3) is 5.80. The lowest BCUT2D eigenvalue weighted by molar-refractivity contribution is 0.0748. The molecular weight excluding hydrogens is 536 g/mol. The summed E-state index contributed by atoms with van der Waals surface area (Å²) in [6.07, 6.45) is 3.90. The summed E-state index contributed by atoms with van der Waals surface area (Å²) in [5.41, 5.74) is 5.51. The minimum Gasteiger partial charge on any atom is -0.353 e. The molecule has 0 unspecified atom stereocenters. The summed E-state index contributed by atoms with van der Waals surface area (Å²) < 4.78 is 2.14. The van der Waals surface area contributed by atoms with Crippen molar-refractivity contribution in [2.24, 2.45) is 7.05 Å². The van der Waals surface area contributed by atoms with Crippen molar-refractivity contribution >= 4 is 40.9 Å². The molecule has 9 heteroatoms. The lowest BCUT2D eigenvalue weighted by Crippen LogP contribution is -2.49. The average Bonchev–Trinajstić information content (AvgIpc) is 3.62. The maximum atomic E-state index is 14.1. The molecule has 4 aromatic rings. The predicted molar refractivity (Wildman–Crippen MR) is 166 cm³/mol. The van der Waals surface area contributed by atoms with Gasteiger partial charge in [0.2, 0.25) is 0 Å². The molecule has 0 aliphatic carbocycles. The Kier molecular flexibility index (Phi) is 8.61. The van der Waals surface area contributed by atoms with Crippen LogP contribution in [0.1, 0.15) is 39.1 Å². The van der Waals surface area contributed by atoms with E-state index in [0.717, 1.165) is 58.5 Å². The molecule has 2 fully saturated rings. The smallest absolute Gasteiger partial charge is 0.256 e. The van der Waals surface area contributed by atoms with Gasteiger partial charge >= 0.3 is 0 Å². The lowest BCUT2D eigenvalue weighted by Gasteiger charge is -2.35. The van der Waals surface area contributed by atoms with Crippen molar-refractivity contribution in [3.05, 3.63) is 83.6 Å². The van der Waals surface area contributed by atoms with E-state index in [1.54, 1.807) is 6.20 Å². The zero-order chi connectivity index (χ0) is 27.6. The van der Waals surface area contributed by atoms with E-state index >= 15 is 0 Å². The Morgan fingerprint density at radius 3 is 2.49 bits per heavy atom. The fraction of sp³-hybridized carbons (Fsp3) is 0.344. The highest BCUT2D eigenvalue weighted by Crippen LogP contribution is 2.35. The maximum absolute atomic E-state index is 14.1. The van der Waals surface area contributed by atoms with Crippen molar-refractivity contribution in [2.45, 2.75) is 25.8 Å². The molecule has 0 spiro atoms. The van der Waals surface area contributed by atoms with Gasteiger partial charge in [0.15, 0.2) is 0 Å². The molecule has 214 valence electrons. The second-order valence-electron chi connectivity index (χ2n) is 10.9. The second-order valence-corrected chi connectivity index (χ2v) is 10.9. The topological polar surface area (TPSA) is 82.5 Å². The molecule has 2 saturated heterocycles. The van der Waals surface area contributed by atoms with Crippen LogP contribution in [0.3, 0.4) is 0 Å². The number of carbonyl (C=O) groups is 2. The Labute approximate surface area is 247 Å². The maximum Gasteiger partial charge on any atom is 0.256 e. The van der Waals surface area contributed by atoms with Gasteiger partial charge < -0.3 is 25.0 Å². The van der Waals surface area contributed by atoms with Gasteiger partial charge in [0.25, 0.3) is 11.8 Å². The van der Waals surface area contributed by atoms with Crippen LogP contribution >= 0.6 is 12.4 Å². The molecule has 2 aliphatic heterocycles. The number of anilines is 1. The summed E-state index contributed by atoms with van der Waals surface area (Å²) in [4.78, 5) is 35.3. The number of hydrogen-bond acceptors (Lipinski definition) is 5. The molecule has 1 atom stereocenters. The third-order valence-corrected chi connectivity index (χ3v) is 8.19. The van der Waals surface area contributed by atoms with Gasteiger partial charge in [-0.15, -0.1) is 12.4 Å². The lowest BCUT2D eigenvalue weighted by atomic mass is 10.0. The van der Waals surface area contributed by atoms with E-state index in [4.69, 9.17) is 0 Å². The number of rotatable bonds is 6. The molecule has 2 aromatic heterocycles. The number of benzene rings is 2. The quantitative estimate of drug-likeness (QED) is 0.358. The number of carbonyl (C=O) groups excluding carboxylic acids is 2. The van der Waals surface area contributed by atoms with Gasteiger partial charge in [-0.3, -0.25) is 9.59 Å². The fourth-order valence-corrected chi connectivity index (χ4v) is 5.96.